The summed E-state index contributed by atoms with van der Waals surface area (Å²) >= 11 is 0. The number of carbonyl (C=O) groups excluding carboxylic acids is 1. The maximum Gasteiger partial charge on any atom is 0.232 e. The molecule has 1 amide bonds. The monoisotopic (exact) mass is 257 g/mol. The second kappa shape index (κ2) is 5.95. The standard InChI is InChI=1S/C14H15N3O2/c1-2-19-14-9-16-8-12(17-14)11-5-3-10(4-6-11)7-13(15)18/h3-6,8-9H,2,7H2,1H3,(H2,15,18). The van der Waals surface area contributed by atoms with E-state index in [-0.39, 0.29) is 12.3 Å². The van der Waals surface area contributed by atoms with Crippen LogP contribution >= 0.6 is 0 Å². The third kappa shape index (κ3) is 3.51. The van der Waals surface area contributed by atoms with Crippen molar-refractivity contribution in [2.75, 3.05) is 6.61 Å². The molecule has 0 aliphatic heterocycles. The Labute approximate surface area is 111 Å². The molecule has 1 aromatic heterocycles. The molecule has 0 radical (unpaired) electrons. The van der Waals surface area contributed by atoms with Crippen molar-refractivity contribution in [2.45, 2.75) is 13.3 Å². The van der Waals surface area contributed by atoms with Gasteiger partial charge in [0.1, 0.15) is 0 Å². The Morgan fingerprint density at radius 1 is 1.26 bits per heavy atom. The Morgan fingerprint density at radius 3 is 2.63 bits per heavy atom. The van der Waals surface area contributed by atoms with Gasteiger partial charge in [-0.1, -0.05) is 24.3 Å². The zero-order chi connectivity index (χ0) is 13.7. The number of ether oxygens (including phenoxy) is 1. The number of benzene rings is 1. The summed E-state index contributed by atoms with van der Waals surface area (Å²) in [6, 6.07) is 7.49. The zero-order valence-electron chi connectivity index (χ0n) is 10.7. The lowest BCUT2D eigenvalue weighted by Crippen LogP contribution is -2.13. The molecule has 5 nitrogen and oxygen atoms in total. The second-order valence-corrected chi connectivity index (χ2v) is 4.02. The van der Waals surface area contributed by atoms with Crippen LogP contribution in [-0.2, 0) is 11.2 Å². The summed E-state index contributed by atoms with van der Waals surface area (Å²) in [6.07, 6.45) is 3.49. The highest BCUT2D eigenvalue weighted by atomic mass is 16.5. The number of rotatable bonds is 5. The quantitative estimate of drug-likeness (QED) is 0.881. The summed E-state index contributed by atoms with van der Waals surface area (Å²) in [5.41, 5.74) is 7.68. The Morgan fingerprint density at radius 2 is 2.00 bits per heavy atom. The number of nitrogens with zero attached hydrogens (tertiary/aromatic N) is 2. The number of carbonyl (C=O) groups is 1. The van der Waals surface area contributed by atoms with Crippen LogP contribution in [-0.4, -0.2) is 22.5 Å². The van der Waals surface area contributed by atoms with Crippen molar-refractivity contribution in [1.82, 2.24) is 9.97 Å². The lowest BCUT2D eigenvalue weighted by atomic mass is 10.1. The topological polar surface area (TPSA) is 78.1 Å². The smallest absolute Gasteiger partial charge is 0.232 e. The van der Waals surface area contributed by atoms with Crippen molar-refractivity contribution in [3.63, 3.8) is 0 Å². The lowest BCUT2D eigenvalue weighted by Gasteiger charge is -2.05. The fourth-order valence-corrected chi connectivity index (χ4v) is 1.70. The molecule has 0 fully saturated rings. The molecule has 1 heterocycles. The highest BCUT2D eigenvalue weighted by Gasteiger charge is 2.04. The fraction of sp³-hybridized carbons (Fsp3) is 0.214. The molecule has 1 aromatic carbocycles. The van der Waals surface area contributed by atoms with Gasteiger partial charge in [0.05, 0.1) is 31.1 Å². The average molecular weight is 257 g/mol. The van der Waals surface area contributed by atoms with E-state index in [1.807, 2.05) is 31.2 Å². The van der Waals surface area contributed by atoms with Crippen LogP contribution < -0.4 is 10.5 Å². The van der Waals surface area contributed by atoms with Gasteiger partial charge in [0.15, 0.2) is 0 Å². The lowest BCUT2D eigenvalue weighted by molar-refractivity contribution is -0.117. The normalized spacial score (nSPS) is 10.2. The SMILES string of the molecule is CCOc1cncc(-c2ccc(CC(N)=O)cc2)n1. The van der Waals surface area contributed by atoms with Gasteiger partial charge in [0, 0.05) is 5.56 Å². The van der Waals surface area contributed by atoms with Crippen LogP contribution in [0.3, 0.4) is 0 Å². The third-order valence-electron chi connectivity index (χ3n) is 2.53. The average Bonchev–Trinajstić information content (AvgIpc) is 2.40. The predicted octanol–water partition coefficient (Wildman–Crippen LogP) is 1.57. The van der Waals surface area contributed by atoms with Crippen molar-refractivity contribution < 1.29 is 9.53 Å². The summed E-state index contributed by atoms with van der Waals surface area (Å²) in [5, 5.41) is 0. The van der Waals surface area contributed by atoms with Crippen LogP contribution in [0.15, 0.2) is 36.7 Å². The molecular formula is C14H15N3O2. The highest BCUT2D eigenvalue weighted by Crippen LogP contribution is 2.19. The molecule has 0 atom stereocenters. The van der Waals surface area contributed by atoms with Gasteiger partial charge in [-0.2, -0.15) is 0 Å². The Hall–Kier alpha value is -2.43. The molecule has 0 aliphatic rings. The number of hydrogen-bond acceptors (Lipinski definition) is 4. The Kier molecular flexibility index (Phi) is 4.07. The van der Waals surface area contributed by atoms with Gasteiger partial charge in [0.25, 0.3) is 0 Å². The Bertz CT molecular complexity index is 567. The molecule has 2 aromatic rings. The number of amides is 1. The van der Waals surface area contributed by atoms with Crippen molar-refractivity contribution in [3.8, 4) is 17.1 Å². The van der Waals surface area contributed by atoms with Crippen LogP contribution in [0.2, 0.25) is 0 Å². The largest absolute Gasteiger partial charge is 0.477 e. The molecule has 0 saturated carbocycles. The van der Waals surface area contributed by atoms with E-state index >= 15 is 0 Å². The molecule has 0 saturated heterocycles. The fourth-order valence-electron chi connectivity index (χ4n) is 1.70. The molecule has 5 heteroatoms. The number of nitrogens with two attached hydrogens (primary N) is 1. The van der Waals surface area contributed by atoms with E-state index in [2.05, 4.69) is 9.97 Å². The minimum atomic E-state index is -0.342. The van der Waals surface area contributed by atoms with Gasteiger partial charge in [-0.25, -0.2) is 4.98 Å². The summed E-state index contributed by atoms with van der Waals surface area (Å²) in [7, 11) is 0. The Balaban J connectivity index is 2.21. The second-order valence-electron chi connectivity index (χ2n) is 4.02. The number of primary amides is 1. The molecular weight excluding hydrogens is 242 g/mol. The van der Waals surface area contributed by atoms with E-state index in [9.17, 15) is 4.79 Å². The first-order chi connectivity index (χ1) is 9.19. The maximum atomic E-state index is 10.8. The molecule has 98 valence electrons. The molecule has 0 aliphatic carbocycles. The van der Waals surface area contributed by atoms with Crippen molar-refractivity contribution in [2.24, 2.45) is 5.73 Å². The van der Waals surface area contributed by atoms with Gasteiger partial charge in [0.2, 0.25) is 11.8 Å². The number of hydrogen-bond donors (Lipinski definition) is 1. The predicted molar refractivity (Wildman–Crippen MR) is 71.5 cm³/mol. The first-order valence-corrected chi connectivity index (χ1v) is 6.01. The molecule has 0 bridgehead atoms. The van der Waals surface area contributed by atoms with Crippen LogP contribution in [0.5, 0.6) is 5.88 Å². The summed E-state index contributed by atoms with van der Waals surface area (Å²) in [5.74, 6) is 0.159. The van der Waals surface area contributed by atoms with Gasteiger partial charge < -0.3 is 10.5 Å². The zero-order valence-corrected chi connectivity index (χ0v) is 10.7. The van der Waals surface area contributed by atoms with E-state index in [0.29, 0.717) is 12.5 Å². The molecule has 0 spiro atoms. The highest BCUT2D eigenvalue weighted by molar-refractivity contribution is 5.76. The van der Waals surface area contributed by atoms with E-state index in [1.165, 1.54) is 0 Å². The van der Waals surface area contributed by atoms with Crippen LogP contribution in [0.1, 0.15) is 12.5 Å². The van der Waals surface area contributed by atoms with Crippen molar-refractivity contribution in [3.05, 3.63) is 42.2 Å². The number of aromatic nitrogens is 2. The first kappa shape index (κ1) is 13.0. The molecule has 2 N–H and O–H groups in total. The minimum absolute atomic E-state index is 0.241. The first-order valence-electron chi connectivity index (χ1n) is 6.01. The van der Waals surface area contributed by atoms with Crippen molar-refractivity contribution >= 4 is 5.91 Å². The van der Waals surface area contributed by atoms with Crippen molar-refractivity contribution in [1.29, 1.82) is 0 Å². The maximum absolute atomic E-state index is 10.8. The van der Waals surface area contributed by atoms with Gasteiger partial charge in [-0.15, -0.1) is 0 Å². The van der Waals surface area contributed by atoms with Gasteiger partial charge in [-0.05, 0) is 12.5 Å². The van der Waals surface area contributed by atoms with E-state index in [1.54, 1.807) is 12.4 Å². The van der Waals surface area contributed by atoms with Gasteiger partial charge in [-0.3, -0.25) is 9.78 Å². The van der Waals surface area contributed by atoms with E-state index in [4.69, 9.17) is 10.5 Å². The van der Waals surface area contributed by atoms with Crippen LogP contribution in [0.4, 0.5) is 0 Å². The van der Waals surface area contributed by atoms with Crippen LogP contribution in [0, 0.1) is 0 Å². The summed E-state index contributed by atoms with van der Waals surface area (Å²) in [6.45, 7) is 2.45. The summed E-state index contributed by atoms with van der Waals surface area (Å²) in [4.78, 5) is 19.3. The third-order valence-corrected chi connectivity index (χ3v) is 2.53. The van der Waals surface area contributed by atoms with E-state index in [0.717, 1.165) is 16.8 Å². The summed E-state index contributed by atoms with van der Waals surface area (Å²) < 4.78 is 5.31. The van der Waals surface area contributed by atoms with E-state index < -0.39 is 0 Å². The molecule has 19 heavy (non-hydrogen) atoms. The van der Waals surface area contributed by atoms with Gasteiger partial charge >= 0.3 is 0 Å². The minimum Gasteiger partial charge on any atom is -0.477 e. The molecule has 2 rings (SSSR count). The molecule has 0 unspecified atom stereocenters. The van der Waals surface area contributed by atoms with Crippen LogP contribution in [0.25, 0.3) is 11.3 Å².